The van der Waals surface area contributed by atoms with Gasteiger partial charge < -0.3 is 20.2 Å². The fourth-order valence-electron chi connectivity index (χ4n) is 5.42. The third-order valence-corrected chi connectivity index (χ3v) is 7.51. The Balaban J connectivity index is 1.12. The molecule has 1 aliphatic rings. The molecule has 9 heteroatoms. The average molecular weight is 542 g/mol. The predicted molar refractivity (Wildman–Crippen MR) is 158 cm³/mol. The number of nitrogens with zero attached hydrogens (tertiary/aromatic N) is 4. The van der Waals surface area contributed by atoms with Crippen LogP contribution in [0.2, 0.25) is 0 Å². The van der Waals surface area contributed by atoms with Crippen molar-refractivity contribution in [2.45, 2.75) is 26.3 Å². The predicted octanol–water partition coefficient (Wildman–Crippen LogP) is 5.53. The van der Waals surface area contributed by atoms with E-state index in [1.807, 2.05) is 78.8 Å². The molecule has 1 fully saturated rings. The van der Waals surface area contributed by atoms with Crippen LogP contribution in [-0.2, 0) is 11.3 Å². The minimum absolute atomic E-state index is 0.173. The van der Waals surface area contributed by atoms with Gasteiger partial charge in [0.05, 0.1) is 17.6 Å². The summed E-state index contributed by atoms with van der Waals surface area (Å²) in [6, 6.07) is 19.9. The highest BCUT2D eigenvalue weighted by molar-refractivity contribution is 6.02. The molecule has 0 radical (unpaired) electrons. The number of imidazole rings is 1. The molecule has 0 spiro atoms. The third-order valence-electron chi connectivity index (χ3n) is 7.51. The summed E-state index contributed by atoms with van der Waals surface area (Å²) in [5.74, 6) is 0.623. The number of carbonyl (C=O) groups excluding carboxylic acids is 2. The van der Waals surface area contributed by atoms with Gasteiger partial charge in [0.15, 0.2) is 0 Å². The van der Waals surface area contributed by atoms with E-state index in [0.717, 1.165) is 62.9 Å². The number of pyridine rings is 2. The van der Waals surface area contributed by atoms with Crippen LogP contribution in [0.1, 0.15) is 34.7 Å². The number of rotatable bonds is 6. The Morgan fingerprint density at radius 1 is 0.976 bits per heavy atom. The van der Waals surface area contributed by atoms with E-state index in [-0.39, 0.29) is 18.4 Å². The van der Waals surface area contributed by atoms with Crippen molar-refractivity contribution in [3.63, 3.8) is 0 Å². The highest BCUT2D eigenvalue weighted by atomic mass is 16.2. The van der Waals surface area contributed by atoms with Crippen LogP contribution in [0.4, 0.5) is 5.69 Å². The number of hydrogen-bond donors (Lipinski definition) is 3. The molecule has 4 aromatic heterocycles. The van der Waals surface area contributed by atoms with Gasteiger partial charge in [-0.1, -0.05) is 18.2 Å². The lowest BCUT2D eigenvalue weighted by Gasteiger charge is -2.16. The molecule has 7 rings (SSSR count). The van der Waals surface area contributed by atoms with Crippen molar-refractivity contribution in [3.05, 3.63) is 96.3 Å². The number of hydrogen-bond acceptors (Lipinski definition) is 5. The summed E-state index contributed by atoms with van der Waals surface area (Å²) in [4.78, 5) is 46.9. The molecule has 0 aliphatic carbocycles. The molecule has 5 heterocycles. The zero-order valence-electron chi connectivity index (χ0n) is 22.4. The largest absolute Gasteiger partial charge is 0.344 e. The first-order chi connectivity index (χ1) is 20.0. The van der Waals surface area contributed by atoms with E-state index >= 15 is 0 Å². The van der Waals surface area contributed by atoms with Crippen molar-refractivity contribution in [1.29, 1.82) is 0 Å². The zero-order chi connectivity index (χ0) is 27.9. The second-order valence-corrected chi connectivity index (χ2v) is 10.3. The fourth-order valence-corrected chi connectivity index (χ4v) is 5.42. The molecule has 3 N–H and O–H groups in total. The summed E-state index contributed by atoms with van der Waals surface area (Å²) in [6.45, 7) is 3.07. The Morgan fingerprint density at radius 3 is 2.66 bits per heavy atom. The molecule has 2 aromatic carbocycles. The van der Waals surface area contributed by atoms with Crippen LogP contribution in [0.5, 0.6) is 0 Å². The summed E-state index contributed by atoms with van der Waals surface area (Å²) in [6.07, 6.45) is 6.87. The van der Waals surface area contributed by atoms with Crippen molar-refractivity contribution >= 4 is 39.6 Å². The maximum Gasteiger partial charge on any atom is 0.268 e. The van der Waals surface area contributed by atoms with Crippen LogP contribution in [0.15, 0.2) is 79.3 Å². The van der Waals surface area contributed by atoms with Gasteiger partial charge in [-0.25, -0.2) is 9.97 Å². The number of aromatic amines is 2. The lowest BCUT2D eigenvalue weighted by Crippen LogP contribution is -2.23. The fraction of sp³-hybridized carbons (Fsp3) is 0.156. The van der Waals surface area contributed by atoms with E-state index in [1.165, 1.54) is 0 Å². The van der Waals surface area contributed by atoms with Crippen LogP contribution in [0, 0.1) is 6.92 Å². The number of fused-ring (bicyclic) bond motifs is 2. The molecule has 202 valence electrons. The van der Waals surface area contributed by atoms with Gasteiger partial charge in [0, 0.05) is 53.8 Å². The number of anilines is 1. The normalized spacial score (nSPS) is 13.4. The summed E-state index contributed by atoms with van der Waals surface area (Å²) in [7, 11) is 0. The minimum atomic E-state index is -0.242. The van der Waals surface area contributed by atoms with Crippen LogP contribution in [-0.4, -0.2) is 43.3 Å². The molecule has 1 saturated heterocycles. The lowest BCUT2D eigenvalue weighted by atomic mass is 10.0. The first-order valence-electron chi connectivity index (χ1n) is 13.6. The van der Waals surface area contributed by atoms with Gasteiger partial charge in [-0.3, -0.25) is 14.6 Å². The maximum absolute atomic E-state index is 13.0. The van der Waals surface area contributed by atoms with Gasteiger partial charge in [-0.15, -0.1) is 0 Å². The highest BCUT2D eigenvalue weighted by Gasteiger charge is 2.21. The Morgan fingerprint density at radius 2 is 1.83 bits per heavy atom. The third kappa shape index (κ3) is 4.71. The van der Waals surface area contributed by atoms with E-state index in [9.17, 15) is 9.59 Å². The second-order valence-electron chi connectivity index (χ2n) is 10.3. The van der Waals surface area contributed by atoms with Crippen molar-refractivity contribution in [3.8, 4) is 22.3 Å². The molecule has 9 nitrogen and oxygen atoms in total. The van der Waals surface area contributed by atoms with Gasteiger partial charge in [-0.05, 0) is 72.5 Å². The molecular weight excluding hydrogens is 514 g/mol. The maximum atomic E-state index is 13.0. The van der Waals surface area contributed by atoms with Crippen LogP contribution in [0.25, 0.3) is 44.3 Å². The van der Waals surface area contributed by atoms with Gasteiger partial charge in [0.25, 0.3) is 5.91 Å². The SMILES string of the molecule is Cc1ccc2nc(CNC(=O)c3cc4c(-c5cncc(-c6ccc(N7CCCC7=O)cc6)c5)ccnc4[nH]3)[nH]c2c1. The summed E-state index contributed by atoms with van der Waals surface area (Å²) >= 11 is 0. The van der Waals surface area contributed by atoms with Gasteiger partial charge in [0.1, 0.15) is 17.2 Å². The molecular formula is C32H27N7O2. The average Bonchev–Trinajstić information content (AvgIpc) is 3.73. The van der Waals surface area contributed by atoms with E-state index in [0.29, 0.717) is 23.6 Å². The number of nitrogens with one attached hydrogen (secondary N) is 3. The summed E-state index contributed by atoms with van der Waals surface area (Å²) < 4.78 is 0. The Hall–Kier alpha value is -5.31. The quantitative estimate of drug-likeness (QED) is 0.256. The summed E-state index contributed by atoms with van der Waals surface area (Å²) in [5, 5.41) is 3.77. The zero-order valence-corrected chi connectivity index (χ0v) is 22.4. The van der Waals surface area contributed by atoms with E-state index in [2.05, 4.69) is 36.3 Å². The molecule has 0 atom stereocenters. The number of aryl methyl sites for hydroxylation is 1. The van der Waals surface area contributed by atoms with Crippen LogP contribution < -0.4 is 10.2 Å². The van der Waals surface area contributed by atoms with Gasteiger partial charge in [0.2, 0.25) is 5.91 Å². The number of H-pyrrole nitrogens is 2. The number of benzene rings is 2. The second kappa shape index (κ2) is 10.0. The molecule has 6 aromatic rings. The first kappa shape index (κ1) is 24.7. The van der Waals surface area contributed by atoms with Crippen molar-refractivity contribution in [2.75, 3.05) is 11.4 Å². The van der Waals surface area contributed by atoms with E-state index in [4.69, 9.17) is 0 Å². The summed E-state index contributed by atoms with van der Waals surface area (Å²) in [5.41, 5.74) is 8.73. The standard InChI is InChI=1S/C32H27N7O2/c1-19-4-9-26-27(13-19)37-29(36-26)18-35-32(41)28-15-25-24(10-11-34-31(25)38-28)22-14-21(16-33-17-22)20-5-7-23(8-6-20)39-12-2-3-30(39)40/h4-11,13-17H,2-3,12,18H2,1H3,(H,34,38)(H,35,41)(H,36,37). The molecule has 2 amide bonds. The first-order valence-corrected chi connectivity index (χ1v) is 13.6. The Kier molecular flexibility index (Phi) is 6.04. The minimum Gasteiger partial charge on any atom is -0.344 e. The molecule has 1 aliphatic heterocycles. The van der Waals surface area contributed by atoms with Crippen molar-refractivity contribution in [2.24, 2.45) is 0 Å². The monoisotopic (exact) mass is 541 g/mol. The molecule has 0 saturated carbocycles. The van der Waals surface area contributed by atoms with Crippen molar-refractivity contribution in [1.82, 2.24) is 30.2 Å². The van der Waals surface area contributed by atoms with E-state index < -0.39 is 0 Å². The number of carbonyl (C=O) groups is 2. The number of amides is 2. The smallest absolute Gasteiger partial charge is 0.268 e. The Labute approximate surface area is 235 Å². The molecule has 0 unspecified atom stereocenters. The topological polar surface area (TPSA) is 120 Å². The number of aromatic nitrogens is 5. The van der Waals surface area contributed by atoms with Gasteiger partial charge in [-0.2, -0.15) is 0 Å². The highest BCUT2D eigenvalue weighted by Crippen LogP contribution is 2.32. The van der Waals surface area contributed by atoms with Gasteiger partial charge >= 0.3 is 0 Å². The molecule has 41 heavy (non-hydrogen) atoms. The van der Waals surface area contributed by atoms with Crippen LogP contribution in [0.3, 0.4) is 0 Å². The van der Waals surface area contributed by atoms with Crippen molar-refractivity contribution < 1.29 is 9.59 Å². The Bertz CT molecular complexity index is 1940. The van der Waals surface area contributed by atoms with Crippen LogP contribution >= 0.6 is 0 Å². The molecule has 0 bridgehead atoms. The van der Waals surface area contributed by atoms with E-state index in [1.54, 1.807) is 6.20 Å². The lowest BCUT2D eigenvalue weighted by molar-refractivity contribution is -0.117.